The summed E-state index contributed by atoms with van der Waals surface area (Å²) in [5.74, 6) is -0.113. The average Bonchev–Trinajstić information content (AvgIpc) is 2.66. The molecule has 0 aliphatic rings. The molecule has 0 fully saturated rings. The molecule has 0 aromatic heterocycles. The van der Waals surface area contributed by atoms with Crippen LogP contribution in [0.1, 0.15) is 15.9 Å². The van der Waals surface area contributed by atoms with Crippen LogP contribution in [0.15, 0.2) is 42.5 Å². The number of rotatable bonds is 5. The van der Waals surface area contributed by atoms with Crippen LogP contribution in [0.5, 0.6) is 11.5 Å². The number of amides is 2. The molecule has 2 rings (SSSR count). The molecule has 0 saturated carbocycles. The van der Waals surface area contributed by atoms with E-state index in [0.717, 1.165) is 0 Å². The second-order valence-electron chi connectivity index (χ2n) is 5.05. The Morgan fingerprint density at radius 3 is 2.15 bits per heavy atom. The van der Waals surface area contributed by atoms with E-state index in [1.165, 1.54) is 38.5 Å². The quantitative estimate of drug-likeness (QED) is 0.600. The molecule has 6 nitrogen and oxygen atoms in total. The molecule has 26 heavy (non-hydrogen) atoms. The fourth-order valence-electron chi connectivity index (χ4n) is 1.96. The molecule has 2 aromatic carbocycles. The van der Waals surface area contributed by atoms with Gasteiger partial charge in [0.1, 0.15) is 11.5 Å². The molecule has 0 aliphatic heterocycles. The van der Waals surface area contributed by atoms with Crippen molar-refractivity contribution in [1.29, 1.82) is 0 Å². The van der Waals surface area contributed by atoms with Crippen LogP contribution in [0.25, 0.3) is 6.08 Å². The third-order valence-corrected chi connectivity index (χ3v) is 4.02. The van der Waals surface area contributed by atoms with Gasteiger partial charge in [-0.3, -0.25) is 20.4 Å². The summed E-state index contributed by atoms with van der Waals surface area (Å²) in [5.41, 5.74) is 5.56. The van der Waals surface area contributed by atoms with Crippen LogP contribution in [0.4, 0.5) is 0 Å². The van der Waals surface area contributed by atoms with E-state index in [4.69, 9.17) is 32.7 Å². The third-order valence-electron chi connectivity index (χ3n) is 3.28. The van der Waals surface area contributed by atoms with Crippen LogP contribution in [-0.2, 0) is 4.79 Å². The molecule has 8 heteroatoms. The molecule has 0 atom stereocenters. The minimum atomic E-state index is -0.515. The second kappa shape index (κ2) is 9.12. The van der Waals surface area contributed by atoms with Crippen LogP contribution in [0, 0.1) is 0 Å². The Balaban J connectivity index is 1.97. The van der Waals surface area contributed by atoms with Gasteiger partial charge in [-0.25, -0.2) is 0 Å². The van der Waals surface area contributed by atoms with E-state index in [2.05, 4.69) is 10.9 Å². The number of hydrazine groups is 1. The van der Waals surface area contributed by atoms with Crippen molar-refractivity contribution in [1.82, 2.24) is 10.9 Å². The first-order valence-electron chi connectivity index (χ1n) is 7.39. The van der Waals surface area contributed by atoms with E-state index < -0.39 is 11.8 Å². The van der Waals surface area contributed by atoms with Gasteiger partial charge in [-0.05, 0) is 35.9 Å². The average molecular weight is 395 g/mol. The minimum Gasteiger partial charge on any atom is -0.497 e. The Morgan fingerprint density at radius 2 is 1.58 bits per heavy atom. The Kier molecular flexibility index (Phi) is 6.89. The largest absolute Gasteiger partial charge is 0.497 e. The van der Waals surface area contributed by atoms with Crippen molar-refractivity contribution in [3.05, 3.63) is 63.6 Å². The number of nitrogens with one attached hydrogen (secondary N) is 2. The minimum absolute atomic E-state index is 0.273. The summed E-state index contributed by atoms with van der Waals surface area (Å²) in [6.45, 7) is 0. The van der Waals surface area contributed by atoms with Crippen LogP contribution in [0.2, 0.25) is 10.0 Å². The molecule has 2 amide bonds. The van der Waals surface area contributed by atoms with Crippen molar-refractivity contribution < 1.29 is 19.1 Å². The molecule has 0 radical (unpaired) electrons. The molecule has 136 valence electrons. The lowest BCUT2D eigenvalue weighted by Crippen LogP contribution is -2.40. The summed E-state index contributed by atoms with van der Waals surface area (Å²) in [6.07, 6.45) is 2.80. The summed E-state index contributed by atoms with van der Waals surface area (Å²) < 4.78 is 10.2. The van der Waals surface area contributed by atoms with Crippen molar-refractivity contribution in [2.75, 3.05) is 14.2 Å². The molecule has 0 bridgehead atoms. The van der Waals surface area contributed by atoms with E-state index in [1.807, 2.05) is 0 Å². The van der Waals surface area contributed by atoms with E-state index in [9.17, 15) is 9.59 Å². The van der Waals surface area contributed by atoms with Gasteiger partial charge < -0.3 is 9.47 Å². The van der Waals surface area contributed by atoms with Gasteiger partial charge in [0, 0.05) is 17.7 Å². The smallest absolute Gasteiger partial charge is 0.269 e. The lowest BCUT2D eigenvalue weighted by molar-refractivity contribution is -0.117. The molecule has 2 N–H and O–H groups in total. The van der Waals surface area contributed by atoms with Gasteiger partial charge in [-0.15, -0.1) is 0 Å². The van der Waals surface area contributed by atoms with Gasteiger partial charge in [0.15, 0.2) is 0 Å². The second-order valence-corrected chi connectivity index (χ2v) is 5.87. The molecule has 0 spiro atoms. The van der Waals surface area contributed by atoms with Crippen LogP contribution < -0.4 is 20.3 Å². The summed E-state index contributed by atoms with van der Waals surface area (Å²) in [6, 6.07) is 9.63. The highest BCUT2D eigenvalue weighted by atomic mass is 35.5. The highest BCUT2D eigenvalue weighted by Crippen LogP contribution is 2.23. The van der Waals surface area contributed by atoms with Gasteiger partial charge in [0.25, 0.3) is 11.8 Å². The molecule has 0 heterocycles. The lowest BCUT2D eigenvalue weighted by Gasteiger charge is -2.09. The molecular formula is C18H16Cl2N2O4. The zero-order valence-electron chi connectivity index (χ0n) is 14.0. The number of ether oxygens (including phenoxy) is 2. The summed E-state index contributed by atoms with van der Waals surface area (Å²) >= 11 is 11.7. The molecule has 0 aliphatic carbocycles. The van der Waals surface area contributed by atoms with E-state index in [-0.39, 0.29) is 5.56 Å². The van der Waals surface area contributed by atoms with E-state index in [0.29, 0.717) is 27.1 Å². The molecule has 2 aromatic rings. The van der Waals surface area contributed by atoms with Gasteiger partial charge in [0.2, 0.25) is 0 Å². The Morgan fingerprint density at radius 1 is 0.923 bits per heavy atom. The normalized spacial score (nSPS) is 10.5. The Hall–Kier alpha value is -2.70. The van der Waals surface area contributed by atoms with Crippen LogP contribution in [0.3, 0.4) is 0 Å². The van der Waals surface area contributed by atoms with Crippen LogP contribution >= 0.6 is 23.2 Å². The van der Waals surface area contributed by atoms with Gasteiger partial charge in [-0.2, -0.15) is 0 Å². The standard InChI is InChI=1S/C18H16Cl2N2O4/c1-25-13-8-12(9-14(10-13)26-2)18(24)22-21-17(23)6-4-11-3-5-15(19)16(20)7-11/h3-10H,1-2H3,(H,21,23)(H,22,24)/b6-4+. The highest BCUT2D eigenvalue weighted by molar-refractivity contribution is 6.42. The zero-order chi connectivity index (χ0) is 19.1. The van der Waals surface area contributed by atoms with Crippen molar-refractivity contribution in [3.63, 3.8) is 0 Å². The maximum absolute atomic E-state index is 12.1. The van der Waals surface area contributed by atoms with E-state index >= 15 is 0 Å². The SMILES string of the molecule is COc1cc(OC)cc(C(=O)NNC(=O)/C=C/c2ccc(Cl)c(Cl)c2)c1. The predicted molar refractivity (Wildman–Crippen MR) is 101 cm³/mol. The number of halogens is 2. The van der Waals surface area contributed by atoms with Crippen molar-refractivity contribution >= 4 is 41.1 Å². The number of carbonyl (C=O) groups excluding carboxylic acids is 2. The number of hydrogen-bond acceptors (Lipinski definition) is 4. The van der Waals surface area contributed by atoms with Gasteiger partial charge in [0.05, 0.1) is 24.3 Å². The lowest BCUT2D eigenvalue weighted by atomic mass is 10.2. The fourth-order valence-corrected chi connectivity index (χ4v) is 2.27. The highest BCUT2D eigenvalue weighted by Gasteiger charge is 2.10. The predicted octanol–water partition coefficient (Wildman–Crippen LogP) is 3.49. The van der Waals surface area contributed by atoms with Crippen molar-refractivity contribution in [3.8, 4) is 11.5 Å². The topological polar surface area (TPSA) is 76.7 Å². The zero-order valence-corrected chi connectivity index (χ0v) is 15.5. The number of benzene rings is 2. The number of hydrogen-bond donors (Lipinski definition) is 2. The molecule has 0 unspecified atom stereocenters. The maximum Gasteiger partial charge on any atom is 0.269 e. The van der Waals surface area contributed by atoms with Gasteiger partial charge in [-0.1, -0.05) is 29.3 Å². The maximum atomic E-state index is 12.1. The first-order chi connectivity index (χ1) is 12.4. The van der Waals surface area contributed by atoms with E-state index in [1.54, 1.807) is 24.3 Å². The monoisotopic (exact) mass is 394 g/mol. The fraction of sp³-hybridized carbons (Fsp3) is 0.111. The summed E-state index contributed by atoms with van der Waals surface area (Å²) in [5, 5.41) is 0.809. The van der Waals surface area contributed by atoms with Crippen molar-refractivity contribution in [2.45, 2.75) is 0 Å². The molecular weight excluding hydrogens is 379 g/mol. The van der Waals surface area contributed by atoms with Gasteiger partial charge >= 0.3 is 0 Å². The first-order valence-corrected chi connectivity index (χ1v) is 8.15. The van der Waals surface area contributed by atoms with Crippen LogP contribution in [-0.4, -0.2) is 26.0 Å². The number of methoxy groups -OCH3 is 2. The first kappa shape index (κ1) is 19.6. The third kappa shape index (κ3) is 5.40. The number of carbonyl (C=O) groups is 2. The summed E-state index contributed by atoms with van der Waals surface area (Å²) in [7, 11) is 2.96. The Bertz CT molecular complexity index is 831. The summed E-state index contributed by atoms with van der Waals surface area (Å²) in [4.78, 5) is 24.0. The Labute approximate surface area is 160 Å². The van der Waals surface area contributed by atoms with Crippen molar-refractivity contribution in [2.24, 2.45) is 0 Å². The molecule has 0 saturated heterocycles.